The van der Waals surface area contributed by atoms with Gasteiger partial charge >= 0.3 is 5.97 Å². The molecule has 0 unspecified atom stereocenters. The number of benzene rings is 2. The molecule has 0 aromatic heterocycles. The second-order valence-electron chi connectivity index (χ2n) is 4.12. The average Bonchev–Trinajstić information content (AvgIpc) is 2.35. The van der Waals surface area contributed by atoms with Crippen molar-refractivity contribution in [2.24, 2.45) is 0 Å². The van der Waals surface area contributed by atoms with Crippen molar-refractivity contribution < 1.29 is 9.53 Å². The summed E-state index contributed by atoms with van der Waals surface area (Å²) in [4.78, 5) is 12.0. The molecule has 0 aliphatic heterocycles. The van der Waals surface area contributed by atoms with Crippen LogP contribution in [0.15, 0.2) is 42.5 Å². The van der Waals surface area contributed by atoms with Crippen LogP contribution >= 0.6 is 22.6 Å². The number of carbonyl (C=O) groups is 1. The minimum atomic E-state index is -0.317. The van der Waals surface area contributed by atoms with Crippen LogP contribution in [0.2, 0.25) is 0 Å². The minimum absolute atomic E-state index is 0.317. The molecule has 3 heteroatoms. The first kappa shape index (κ1) is 13.1. The van der Waals surface area contributed by atoms with Gasteiger partial charge in [-0.05, 0) is 65.8 Å². The molecule has 0 radical (unpaired) electrons. The Morgan fingerprint density at radius 1 is 1.06 bits per heavy atom. The lowest BCUT2D eigenvalue weighted by molar-refractivity contribution is 0.0733. The van der Waals surface area contributed by atoms with Gasteiger partial charge in [-0.2, -0.15) is 0 Å². The molecule has 2 nitrogen and oxygen atoms in total. The topological polar surface area (TPSA) is 26.3 Å². The molecule has 0 heterocycles. The first-order valence-electron chi connectivity index (χ1n) is 5.62. The Kier molecular flexibility index (Phi) is 4.01. The third kappa shape index (κ3) is 2.90. The Bertz CT molecular complexity index is 591. The van der Waals surface area contributed by atoms with Gasteiger partial charge in [0.05, 0.1) is 5.56 Å². The molecule has 2 aromatic carbocycles. The largest absolute Gasteiger partial charge is 0.423 e. The van der Waals surface area contributed by atoms with E-state index in [2.05, 4.69) is 22.6 Å². The summed E-state index contributed by atoms with van der Waals surface area (Å²) in [7, 11) is 0. The first-order valence-corrected chi connectivity index (χ1v) is 6.70. The summed E-state index contributed by atoms with van der Waals surface area (Å²) in [5.74, 6) is 0.292. The van der Waals surface area contributed by atoms with E-state index in [4.69, 9.17) is 4.74 Å². The summed E-state index contributed by atoms with van der Waals surface area (Å²) in [6.45, 7) is 3.93. The molecule has 0 amide bonds. The van der Waals surface area contributed by atoms with Crippen molar-refractivity contribution in [2.45, 2.75) is 13.8 Å². The van der Waals surface area contributed by atoms with Crippen molar-refractivity contribution in [1.29, 1.82) is 0 Å². The van der Waals surface area contributed by atoms with E-state index in [0.717, 1.165) is 14.7 Å². The molecular formula is C15H13IO2. The molecule has 18 heavy (non-hydrogen) atoms. The van der Waals surface area contributed by atoms with Crippen molar-refractivity contribution in [2.75, 3.05) is 0 Å². The summed E-state index contributed by atoms with van der Waals surface area (Å²) < 4.78 is 6.45. The molecule has 0 aliphatic rings. The second-order valence-corrected chi connectivity index (χ2v) is 5.28. The molecule has 0 saturated heterocycles. The van der Waals surface area contributed by atoms with Crippen LogP contribution in [0.25, 0.3) is 0 Å². The van der Waals surface area contributed by atoms with E-state index >= 15 is 0 Å². The van der Waals surface area contributed by atoms with Crippen LogP contribution in [0.1, 0.15) is 21.5 Å². The Morgan fingerprint density at radius 2 is 1.78 bits per heavy atom. The Labute approximate surface area is 120 Å². The van der Waals surface area contributed by atoms with Crippen molar-refractivity contribution in [3.8, 4) is 5.75 Å². The molecule has 0 fully saturated rings. The van der Waals surface area contributed by atoms with Gasteiger partial charge in [0.1, 0.15) is 5.75 Å². The molecule has 0 aliphatic carbocycles. The maximum Gasteiger partial charge on any atom is 0.343 e. The summed E-state index contributed by atoms with van der Waals surface area (Å²) >= 11 is 2.21. The number of para-hydroxylation sites is 1. The molecular weight excluding hydrogens is 339 g/mol. The minimum Gasteiger partial charge on any atom is -0.423 e. The summed E-state index contributed by atoms with van der Waals surface area (Å²) in [6.07, 6.45) is 0. The van der Waals surface area contributed by atoms with Crippen LogP contribution in [-0.4, -0.2) is 5.97 Å². The Balaban J connectivity index is 2.22. The molecule has 2 aromatic rings. The highest BCUT2D eigenvalue weighted by atomic mass is 127. The monoisotopic (exact) mass is 352 g/mol. The molecule has 0 spiro atoms. The van der Waals surface area contributed by atoms with Gasteiger partial charge in [0.2, 0.25) is 0 Å². The highest BCUT2D eigenvalue weighted by Gasteiger charge is 2.10. The fourth-order valence-electron chi connectivity index (χ4n) is 1.55. The zero-order valence-electron chi connectivity index (χ0n) is 10.2. The third-order valence-electron chi connectivity index (χ3n) is 2.70. The van der Waals surface area contributed by atoms with Crippen LogP contribution in [0, 0.1) is 17.4 Å². The van der Waals surface area contributed by atoms with Crippen LogP contribution in [0.3, 0.4) is 0 Å². The molecule has 92 valence electrons. The van der Waals surface area contributed by atoms with Crippen molar-refractivity contribution in [3.05, 3.63) is 62.7 Å². The summed E-state index contributed by atoms with van der Waals surface area (Å²) in [5.41, 5.74) is 2.68. The number of rotatable bonds is 2. The second kappa shape index (κ2) is 5.52. The van der Waals surface area contributed by atoms with E-state index in [9.17, 15) is 4.79 Å². The van der Waals surface area contributed by atoms with Gasteiger partial charge in [0.25, 0.3) is 0 Å². The molecule has 0 N–H and O–H groups in total. The maximum absolute atomic E-state index is 12.0. The van der Waals surface area contributed by atoms with E-state index in [1.165, 1.54) is 0 Å². The number of aryl methyl sites for hydroxylation is 2. The van der Waals surface area contributed by atoms with E-state index < -0.39 is 0 Å². The van der Waals surface area contributed by atoms with Gasteiger partial charge in [-0.3, -0.25) is 0 Å². The fourth-order valence-corrected chi connectivity index (χ4v) is 2.06. The number of hydrogen-bond donors (Lipinski definition) is 0. The highest BCUT2D eigenvalue weighted by molar-refractivity contribution is 14.1. The van der Waals surface area contributed by atoms with Crippen molar-refractivity contribution in [1.82, 2.24) is 0 Å². The highest BCUT2D eigenvalue weighted by Crippen LogP contribution is 2.19. The van der Waals surface area contributed by atoms with Gasteiger partial charge < -0.3 is 4.74 Å². The van der Waals surface area contributed by atoms with Gasteiger partial charge in [-0.15, -0.1) is 0 Å². The number of halogens is 1. The summed E-state index contributed by atoms with van der Waals surface area (Å²) in [6, 6.07) is 13.1. The first-order chi connectivity index (χ1) is 8.58. The lowest BCUT2D eigenvalue weighted by Gasteiger charge is -2.07. The predicted octanol–water partition coefficient (Wildman–Crippen LogP) is 4.13. The van der Waals surface area contributed by atoms with Crippen LogP contribution in [-0.2, 0) is 0 Å². The van der Waals surface area contributed by atoms with Gasteiger partial charge in [-0.1, -0.05) is 24.3 Å². The van der Waals surface area contributed by atoms with Crippen molar-refractivity contribution >= 4 is 28.6 Å². The average molecular weight is 352 g/mol. The van der Waals surface area contributed by atoms with Gasteiger partial charge in [0, 0.05) is 3.57 Å². The van der Waals surface area contributed by atoms with Crippen molar-refractivity contribution in [3.63, 3.8) is 0 Å². The zero-order valence-corrected chi connectivity index (χ0v) is 12.4. The number of hydrogen-bond acceptors (Lipinski definition) is 2. The number of esters is 1. The van der Waals surface area contributed by atoms with Crippen LogP contribution in [0.5, 0.6) is 5.75 Å². The molecule has 0 saturated carbocycles. The molecule has 0 atom stereocenters. The standard InChI is InChI=1S/C15H13IO2/c1-10-7-8-12(9-13(10)16)15(17)18-14-6-4-3-5-11(14)2/h3-9H,1-2H3. The Morgan fingerprint density at radius 3 is 2.44 bits per heavy atom. The number of carbonyl (C=O) groups excluding carboxylic acids is 1. The smallest absolute Gasteiger partial charge is 0.343 e. The third-order valence-corrected chi connectivity index (χ3v) is 3.87. The Hall–Kier alpha value is -1.36. The zero-order chi connectivity index (χ0) is 13.1. The lowest BCUT2D eigenvalue weighted by atomic mass is 10.1. The molecule has 0 bridgehead atoms. The van der Waals surface area contributed by atoms with Gasteiger partial charge in [0.15, 0.2) is 0 Å². The summed E-state index contributed by atoms with van der Waals surface area (Å²) in [5, 5.41) is 0. The maximum atomic E-state index is 12.0. The lowest BCUT2D eigenvalue weighted by Crippen LogP contribution is -2.09. The van der Waals surface area contributed by atoms with Crippen LogP contribution < -0.4 is 4.74 Å². The number of ether oxygens (including phenoxy) is 1. The fraction of sp³-hybridized carbons (Fsp3) is 0.133. The van der Waals surface area contributed by atoms with E-state index in [1.54, 1.807) is 12.1 Å². The van der Waals surface area contributed by atoms with E-state index in [1.807, 2.05) is 44.2 Å². The predicted molar refractivity (Wildman–Crippen MR) is 80.0 cm³/mol. The quantitative estimate of drug-likeness (QED) is 0.462. The normalized spacial score (nSPS) is 10.2. The van der Waals surface area contributed by atoms with E-state index in [0.29, 0.717) is 11.3 Å². The SMILES string of the molecule is Cc1ccc(C(=O)Oc2ccccc2C)cc1I. The van der Waals surface area contributed by atoms with Crippen LogP contribution in [0.4, 0.5) is 0 Å². The molecule has 2 rings (SSSR count). The van der Waals surface area contributed by atoms with Gasteiger partial charge in [-0.25, -0.2) is 4.79 Å². The van der Waals surface area contributed by atoms with E-state index in [-0.39, 0.29) is 5.97 Å².